The number of anilines is 3. The lowest BCUT2D eigenvalue weighted by Gasteiger charge is -2.26. The number of nitrogens with zero attached hydrogens (tertiary/aromatic N) is 1. The Hall–Kier alpha value is -7.94. The Kier molecular flexibility index (Phi) is 8.87. The summed E-state index contributed by atoms with van der Waals surface area (Å²) in [6.45, 7) is 0. The predicted octanol–water partition coefficient (Wildman–Crippen LogP) is 16.5. The zero-order valence-electron chi connectivity index (χ0n) is 32.9. The second kappa shape index (κ2) is 15.1. The number of rotatable bonds is 8. The van der Waals surface area contributed by atoms with E-state index in [0.717, 1.165) is 50.1 Å². The normalized spacial score (nSPS) is 11.3. The van der Waals surface area contributed by atoms with E-state index in [1.807, 2.05) is 0 Å². The summed E-state index contributed by atoms with van der Waals surface area (Å²) in [5, 5.41) is 4.59. The highest BCUT2D eigenvalue weighted by molar-refractivity contribution is 6.22. The molecule has 0 spiro atoms. The van der Waals surface area contributed by atoms with Gasteiger partial charge in [0.15, 0.2) is 0 Å². The van der Waals surface area contributed by atoms with Crippen LogP contribution in [0.2, 0.25) is 0 Å². The summed E-state index contributed by atoms with van der Waals surface area (Å²) >= 11 is 0. The third-order valence-corrected chi connectivity index (χ3v) is 11.6. The summed E-state index contributed by atoms with van der Waals surface area (Å²) in [6, 6.07) is 84.7. The first-order valence-corrected chi connectivity index (χ1v) is 20.5. The van der Waals surface area contributed by atoms with Gasteiger partial charge in [-0.3, -0.25) is 0 Å². The van der Waals surface area contributed by atoms with Crippen molar-refractivity contribution in [3.63, 3.8) is 0 Å². The predicted molar refractivity (Wildman–Crippen MR) is 253 cm³/mol. The van der Waals surface area contributed by atoms with Crippen LogP contribution in [0.3, 0.4) is 0 Å². The molecular weight excluding hydrogens is 727 g/mol. The fraction of sp³-hybridized carbons (Fsp3) is 0. The third-order valence-electron chi connectivity index (χ3n) is 11.6. The molecule has 0 aliphatic carbocycles. The van der Waals surface area contributed by atoms with Crippen molar-refractivity contribution in [2.24, 2.45) is 0 Å². The van der Waals surface area contributed by atoms with E-state index in [9.17, 15) is 0 Å². The third kappa shape index (κ3) is 6.51. The average molecular weight is 766 g/mol. The zero-order valence-corrected chi connectivity index (χ0v) is 32.9. The van der Waals surface area contributed by atoms with Gasteiger partial charge >= 0.3 is 0 Å². The second-order valence-electron chi connectivity index (χ2n) is 15.3. The monoisotopic (exact) mass is 765 g/mol. The molecule has 10 aromatic carbocycles. The van der Waals surface area contributed by atoms with Gasteiger partial charge in [-0.15, -0.1) is 0 Å². The lowest BCUT2D eigenvalue weighted by Crippen LogP contribution is -2.09. The zero-order chi connectivity index (χ0) is 39.8. The fourth-order valence-corrected chi connectivity index (χ4v) is 8.70. The van der Waals surface area contributed by atoms with Gasteiger partial charge in [0.1, 0.15) is 11.2 Å². The lowest BCUT2D eigenvalue weighted by atomic mass is 9.90. The molecule has 11 aromatic rings. The standard InChI is InChI=1S/C58H39NO/c1-5-15-40(16-6-1)44-25-29-49(30-26-44)59(50-31-27-45(28-32-50)41-17-7-2-8-18-41)51-33-34-54-56(38-51)60-57-39-55(52-23-13-14-24-53(52)58(54)57)48-36-46(42-19-9-3-10-20-42)35-47(37-48)43-21-11-4-12-22-43/h1-39H. The highest BCUT2D eigenvalue weighted by Crippen LogP contribution is 2.44. The Morgan fingerprint density at radius 3 is 1.15 bits per heavy atom. The Morgan fingerprint density at radius 1 is 0.250 bits per heavy atom. The number of furan rings is 1. The Balaban J connectivity index is 1.06. The van der Waals surface area contributed by atoms with Gasteiger partial charge in [-0.05, 0) is 127 Å². The van der Waals surface area contributed by atoms with Gasteiger partial charge in [0.2, 0.25) is 0 Å². The molecule has 11 rings (SSSR count). The van der Waals surface area contributed by atoms with Crippen LogP contribution in [0.1, 0.15) is 0 Å². The number of benzene rings is 10. The minimum atomic E-state index is 0.847. The van der Waals surface area contributed by atoms with E-state index in [4.69, 9.17) is 4.42 Å². The maximum Gasteiger partial charge on any atom is 0.137 e. The van der Waals surface area contributed by atoms with Crippen molar-refractivity contribution in [1.29, 1.82) is 0 Å². The molecule has 0 unspecified atom stereocenters. The van der Waals surface area contributed by atoms with Crippen molar-refractivity contribution in [2.45, 2.75) is 0 Å². The van der Waals surface area contributed by atoms with E-state index in [1.165, 1.54) is 55.3 Å². The van der Waals surface area contributed by atoms with E-state index in [2.05, 4.69) is 241 Å². The minimum Gasteiger partial charge on any atom is -0.456 e. The van der Waals surface area contributed by atoms with Gasteiger partial charge < -0.3 is 9.32 Å². The molecule has 0 bridgehead atoms. The van der Waals surface area contributed by atoms with E-state index in [-0.39, 0.29) is 0 Å². The largest absolute Gasteiger partial charge is 0.456 e. The maximum atomic E-state index is 6.94. The summed E-state index contributed by atoms with van der Waals surface area (Å²) in [6.07, 6.45) is 0. The number of hydrogen-bond donors (Lipinski definition) is 0. The number of fused-ring (bicyclic) bond motifs is 5. The van der Waals surface area contributed by atoms with E-state index < -0.39 is 0 Å². The summed E-state index contributed by atoms with van der Waals surface area (Å²) in [5.41, 5.74) is 16.7. The van der Waals surface area contributed by atoms with Crippen LogP contribution < -0.4 is 4.90 Å². The molecule has 0 fully saturated rings. The fourth-order valence-electron chi connectivity index (χ4n) is 8.70. The number of hydrogen-bond acceptors (Lipinski definition) is 2. The van der Waals surface area contributed by atoms with Crippen LogP contribution in [-0.4, -0.2) is 0 Å². The first kappa shape index (κ1) is 35.2. The van der Waals surface area contributed by atoms with E-state index >= 15 is 0 Å². The van der Waals surface area contributed by atoms with Crippen LogP contribution in [0.5, 0.6) is 0 Å². The van der Waals surface area contributed by atoms with Crippen LogP contribution in [0.15, 0.2) is 241 Å². The van der Waals surface area contributed by atoms with Crippen molar-refractivity contribution in [2.75, 3.05) is 4.90 Å². The Labute approximate surface area is 349 Å². The van der Waals surface area contributed by atoms with Gasteiger partial charge in [0, 0.05) is 33.9 Å². The minimum absolute atomic E-state index is 0.847. The van der Waals surface area contributed by atoms with Gasteiger partial charge in [0.25, 0.3) is 0 Å². The van der Waals surface area contributed by atoms with Gasteiger partial charge in [0.05, 0.1) is 0 Å². The van der Waals surface area contributed by atoms with Crippen molar-refractivity contribution in [3.05, 3.63) is 237 Å². The van der Waals surface area contributed by atoms with Crippen molar-refractivity contribution in [1.82, 2.24) is 0 Å². The highest BCUT2D eigenvalue weighted by Gasteiger charge is 2.19. The molecular formula is C58H39NO. The van der Waals surface area contributed by atoms with Crippen LogP contribution in [0.25, 0.3) is 88.3 Å². The van der Waals surface area contributed by atoms with E-state index in [0.29, 0.717) is 0 Å². The van der Waals surface area contributed by atoms with Gasteiger partial charge in [-0.25, -0.2) is 0 Å². The summed E-state index contributed by atoms with van der Waals surface area (Å²) in [7, 11) is 0. The van der Waals surface area contributed by atoms with E-state index in [1.54, 1.807) is 0 Å². The molecule has 2 heteroatoms. The van der Waals surface area contributed by atoms with Gasteiger partial charge in [-0.2, -0.15) is 0 Å². The molecule has 1 heterocycles. The molecule has 0 atom stereocenters. The van der Waals surface area contributed by atoms with Crippen LogP contribution in [-0.2, 0) is 0 Å². The molecule has 0 N–H and O–H groups in total. The van der Waals surface area contributed by atoms with Crippen molar-refractivity contribution < 1.29 is 4.42 Å². The molecule has 0 saturated heterocycles. The van der Waals surface area contributed by atoms with Crippen molar-refractivity contribution >= 4 is 49.8 Å². The summed E-state index contributed by atoms with van der Waals surface area (Å²) in [4.78, 5) is 2.32. The Morgan fingerprint density at radius 2 is 0.650 bits per heavy atom. The molecule has 0 aliphatic heterocycles. The lowest BCUT2D eigenvalue weighted by molar-refractivity contribution is 0.669. The Bertz CT molecular complexity index is 3120. The highest BCUT2D eigenvalue weighted by atomic mass is 16.3. The molecule has 0 amide bonds. The molecule has 0 saturated carbocycles. The summed E-state index contributed by atoms with van der Waals surface area (Å²) < 4.78 is 6.94. The first-order valence-electron chi connectivity index (χ1n) is 20.5. The van der Waals surface area contributed by atoms with Crippen LogP contribution in [0.4, 0.5) is 17.1 Å². The molecule has 0 radical (unpaired) electrons. The maximum absolute atomic E-state index is 6.94. The van der Waals surface area contributed by atoms with Gasteiger partial charge in [-0.1, -0.05) is 170 Å². The summed E-state index contributed by atoms with van der Waals surface area (Å²) in [5.74, 6) is 0. The second-order valence-corrected chi connectivity index (χ2v) is 15.3. The van der Waals surface area contributed by atoms with Crippen molar-refractivity contribution in [3.8, 4) is 55.6 Å². The molecule has 0 aliphatic rings. The smallest absolute Gasteiger partial charge is 0.137 e. The SMILES string of the molecule is c1ccc(-c2ccc(N(c3ccc(-c4ccccc4)cc3)c3ccc4c(c3)oc3cc(-c5cc(-c6ccccc6)cc(-c6ccccc6)c5)c5ccccc5c34)cc2)cc1. The van der Waals surface area contributed by atoms with Crippen LogP contribution in [0, 0.1) is 0 Å². The average Bonchev–Trinajstić information content (AvgIpc) is 3.71. The first-order chi connectivity index (χ1) is 29.7. The molecule has 2 nitrogen and oxygen atoms in total. The molecule has 282 valence electrons. The molecule has 1 aromatic heterocycles. The molecule has 60 heavy (non-hydrogen) atoms. The quantitative estimate of drug-likeness (QED) is 0.153. The van der Waals surface area contributed by atoms with Crippen LogP contribution >= 0.6 is 0 Å². The topological polar surface area (TPSA) is 16.4 Å².